The second-order valence-electron chi connectivity index (χ2n) is 4.16. The van der Waals surface area contributed by atoms with Crippen molar-refractivity contribution in [2.75, 3.05) is 20.3 Å². The molecule has 0 aromatic heterocycles. The minimum atomic E-state index is -0.437. The van der Waals surface area contributed by atoms with Crippen LogP contribution in [0.3, 0.4) is 0 Å². The van der Waals surface area contributed by atoms with Crippen molar-refractivity contribution in [1.29, 1.82) is 5.26 Å². The van der Waals surface area contributed by atoms with Gasteiger partial charge in [-0.15, -0.1) is 0 Å². The van der Waals surface area contributed by atoms with Crippen LogP contribution in [0.25, 0.3) is 0 Å². The third-order valence-electron chi connectivity index (χ3n) is 2.18. The van der Waals surface area contributed by atoms with E-state index in [1.54, 1.807) is 19.1 Å². The first-order valence-corrected chi connectivity index (χ1v) is 6.17. The molecule has 1 unspecified atom stereocenters. The Morgan fingerprint density at radius 2 is 2.05 bits per heavy atom. The highest BCUT2D eigenvalue weighted by atomic mass is 16.6. The van der Waals surface area contributed by atoms with E-state index in [0.717, 1.165) is 0 Å². The number of hydrogen-bond donors (Lipinski definition) is 0. The van der Waals surface area contributed by atoms with E-state index in [0.29, 0.717) is 30.8 Å². The van der Waals surface area contributed by atoms with Gasteiger partial charge >= 0.3 is 11.9 Å². The molecule has 1 fully saturated rings. The van der Waals surface area contributed by atoms with Gasteiger partial charge in [0, 0.05) is 17.2 Å². The molecule has 0 bridgehead atoms. The maximum atomic E-state index is 10.7. The summed E-state index contributed by atoms with van der Waals surface area (Å²) >= 11 is 0. The van der Waals surface area contributed by atoms with E-state index < -0.39 is 5.97 Å². The van der Waals surface area contributed by atoms with Crippen molar-refractivity contribution in [2.24, 2.45) is 0 Å². The molecule has 0 saturated carbocycles. The molecule has 1 aliphatic rings. The molecule has 6 nitrogen and oxygen atoms in total. The molecule has 1 atom stereocenters. The van der Waals surface area contributed by atoms with Crippen LogP contribution in [-0.2, 0) is 23.8 Å². The van der Waals surface area contributed by atoms with E-state index in [1.807, 2.05) is 0 Å². The highest BCUT2D eigenvalue weighted by molar-refractivity contribution is 5.87. The quantitative estimate of drug-likeness (QED) is 0.320. The Hall–Kier alpha value is -2.39. The molecule has 6 heteroatoms. The largest absolute Gasteiger partial charge is 0.466 e. The van der Waals surface area contributed by atoms with Crippen LogP contribution in [-0.4, -0.2) is 38.4 Å². The molecule has 1 rings (SSSR count). The number of epoxide rings is 1. The molecule has 1 saturated heterocycles. The predicted molar refractivity (Wildman–Crippen MR) is 76.0 cm³/mol. The van der Waals surface area contributed by atoms with Crippen molar-refractivity contribution in [3.8, 4) is 6.07 Å². The molecule has 1 aliphatic heterocycles. The lowest BCUT2D eigenvalue weighted by Gasteiger charge is -1.99. The lowest BCUT2D eigenvalue weighted by Crippen LogP contribution is -2.09. The summed E-state index contributed by atoms with van der Waals surface area (Å²) in [6.45, 7) is 9.60. The highest BCUT2D eigenvalue weighted by Gasteiger charge is 2.24. The predicted octanol–water partition coefficient (Wildman–Crippen LogP) is 1.69. The van der Waals surface area contributed by atoms with Crippen molar-refractivity contribution in [1.82, 2.24) is 0 Å². The van der Waals surface area contributed by atoms with Crippen molar-refractivity contribution in [3.05, 3.63) is 36.5 Å². The van der Waals surface area contributed by atoms with Crippen LogP contribution >= 0.6 is 0 Å². The van der Waals surface area contributed by atoms with Gasteiger partial charge in [0.05, 0.1) is 19.8 Å². The van der Waals surface area contributed by atoms with Gasteiger partial charge in [-0.3, -0.25) is 0 Å². The van der Waals surface area contributed by atoms with Crippen LogP contribution in [0.15, 0.2) is 36.5 Å². The number of methoxy groups -OCH3 is 1. The normalized spacial score (nSPS) is 15.2. The van der Waals surface area contributed by atoms with Gasteiger partial charge in [0.15, 0.2) is 0 Å². The summed E-state index contributed by atoms with van der Waals surface area (Å²) in [7, 11) is 1.29. The van der Waals surface area contributed by atoms with Crippen molar-refractivity contribution >= 4 is 11.9 Å². The van der Waals surface area contributed by atoms with Crippen molar-refractivity contribution in [2.45, 2.75) is 19.4 Å². The Kier molecular flexibility index (Phi) is 9.22. The molecule has 0 N–H and O–H groups in total. The fraction of sp³-hybridized carbons (Fsp3) is 0.400. The number of carbonyl (C=O) groups is 2. The van der Waals surface area contributed by atoms with Crippen LogP contribution in [0, 0.1) is 11.3 Å². The van der Waals surface area contributed by atoms with Gasteiger partial charge in [-0.2, -0.15) is 5.26 Å². The molecular formula is C15H19NO5. The SMILES string of the molecule is C=C(C)C(=O)OCC1CO1.C=C(CC=CC#N)C(=O)OC. The number of hydrogen-bond acceptors (Lipinski definition) is 6. The van der Waals surface area contributed by atoms with E-state index in [1.165, 1.54) is 13.2 Å². The number of esters is 2. The first kappa shape index (κ1) is 18.6. The zero-order valence-electron chi connectivity index (χ0n) is 12.3. The third-order valence-corrected chi connectivity index (χ3v) is 2.18. The number of ether oxygens (including phenoxy) is 3. The number of nitriles is 1. The highest BCUT2D eigenvalue weighted by Crippen LogP contribution is 2.09. The number of nitrogens with zero attached hydrogens (tertiary/aromatic N) is 1. The molecule has 21 heavy (non-hydrogen) atoms. The van der Waals surface area contributed by atoms with E-state index in [-0.39, 0.29) is 12.1 Å². The van der Waals surface area contributed by atoms with Crippen LogP contribution in [0.1, 0.15) is 13.3 Å². The Balaban J connectivity index is 0.000000382. The van der Waals surface area contributed by atoms with Gasteiger partial charge in [0.1, 0.15) is 12.7 Å². The van der Waals surface area contributed by atoms with Gasteiger partial charge in [-0.05, 0) is 13.3 Å². The molecular weight excluding hydrogens is 274 g/mol. The number of allylic oxidation sites excluding steroid dienone is 2. The van der Waals surface area contributed by atoms with Gasteiger partial charge in [0.2, 0.25) is 0 Å². The van der Waals surface area contributed by atoms with Crippen LogP contribution in [0.2, 0.25) is 0 Å². The lowest BCUT2D eigenvalue weighted by atomic mass is 10.2. The third kappa shape index (κ3) is 10.1. The summed E-state index contributed by atoms with van der Waals surface area (Å²) in [5.41, 5.74) is 0.777. The average molecular weight is 293 g/mol. The zero-order chi connectivity index (χ0) is 16.3. The molecule has 114 valence electrons. The topological polar surface area (TPSA) is 88.9 Å². The van der Waals surface area contributed by atoms with Gasteiger partial charge in [0.25, 0.3) is 0 Å². The summed E-state index contributed by atoms with van der Waals surface area (Å²) < 4.78 is 14.0. The molecule has 0 aliphatic carbocycles. The van der Waals surface area contributed by atoms with E-state index in [4.69, 9.17) is 14.7 Å². The fourth-order valence-corrected chi connectivity index (χ4v) is 0.938. The Morgan fingerprint density at radius 3 is 2.48 bits per heavy atom. The van der Waals surface area contributed by atoms with Gasteiger partial charge in [-0.1, -0.05) is 19.2 Å². The Bertz CT molecular complexity index is 469. The second kappa shape index (κ2) is 10.4. The van der Waals surface area contributed by atoms with E-state index in [9.17, 15) is 9.59 Å². The summed E-state index contributed by atoms with van der Waals surface area (Å²) in [4.78, 5) is 21.4. The van der Waals surface area contributed by atoms with Gasteiger partial charge < -0.3 is 14.2 Å². The van der Waals surface area contributed by atoms with Crippen molar-refractivity contribution in [3.63, 3.8) is 0 Å². The first-order valence-electron chi connectivity index (χ1n) is 6.17. The van der Waals surface area contributed by atoms with Crippen LogP contribution in [0.4, 0.5) is 0 Å². The fourth-order valence-electron chi connectivity index (χ4n) is 0.938. The smallest absolute Gasteiger partial charge is 0.333 e. The summed E-state index contributed by atoms with van der Waals surface area (Å²) in [6, 6.07) is 1.81. The maximum absolute atomic E-state index is 10.7. The minimum absolute atomic E-state index is 0.142. The van der Waals surface area contributed by atoms with E-state index in [2.05, 4.69) is 17.9 Å². The van der Waals surface area contributed by atoms with Crippen LogP contribution < -0.4 is 0 Å². The molecule has 0 amide bonds. The zero-order valence-corrected chi connectivity index (χ0v) is 12.3. The minimum Gasteiger partial charge on any atom is -0.466 e. The number of rotatable bonds is 6. The summed E-state index contributed by atoms with van der Waals surface area (Å²) in [6.07, 6.45) is 3.36. The van der Waals surface area contributed by atoms with E-state index >= 15 is 0 Å². The molecule has 0 spiro atoms. The summed E-state index contributed by atoms with van der Waals surface area (Å²) in [5, 5.41) is 8.09. The maximum Gasteiger partial charge on any atom is 0.333 e. The lowest BCUT2D eigenvalue weighted by molar-refractivity contribution is -0.139. The Morgan fingerprint density at radius 1 is 1.43 bits per heavy atom. The molecule has 0 aromatic carbocycles. The molecule has 1 heterocycles. The van der Waals surface area contributed by atoms with Crippen LogP contribution in [0.5, 0.6) is 0 Å². The first-order chi connectivity index (χ1) is 9.92. The number of carbonyl (C=O) groups excluding carboxylic acids is 2. The van der Waals surface area contributed by atoms with Gasteiger partial charge in [-0.25, -0.2) is 9.59 Å². The van der Waals surface area contributed by atoms with Crippen molar-refractivity contribution < 1.29 is 23.8 Å². The standard InChI is InChI=1S/C8H9NO2.C7H10O3/c1-7(8(10)11-2)5-3-4-6-9;1-5(2)7(8)10-4-6-3-9-6/h3-4H,1,5H2,2H3;6H,1,3-4H2,2H3. The molecule has 0 radical (unpaired) electrons. The summed E-state index contributed by atoms with van der Waals surface area (Å²) in [5.74, 6) is -0.775. The Labute approximate surface area is 124 Å². The molecule has 0 aromatic rings. The second-order valence-corrected chi connectivity index (χ2v) is 4.16. The monoisotopic (exact) mass is 293 g/mol. The average Bonchev–Trinajstić information content (AvgIpc) is 3.28.